The van der Waals surface area contributed by atoms with Gasteiger partial charge in [-0.3, -0.25) is 9.78 Å². The molecule has 29 heavy (non-hydrogen) atoms. The number of benzene rings is 1. The minimum absolute atomic E-state index is 0. The third-order valence-corrected chi connectivity index (χ3v) is 3.70. The Morgan fingerprint density at radius 1 is 1.14 bits per heavy atom. The predicted molar refractivity (Wildman–Crippen MR) is 111 cm³/mol. The van der Waals surface area contributed by atoms with Crippen molar-refractivity contribution in [2.75, 3.05) is 22.5 Å². The molecule has 0 saturated carbocycles. The van der Waals surface area contributed by atoms with Gasteiger partial charge in [0.05, 0.1) is 18.8 Å². The molecule has 1 unspecified atom stereocenters. The van der Waals surface area contributed by atoms with Gasteiger partial charge in [-0.25, -0.2) is 9.37 Å². The van der Waals surface area contributed by atoms with Crippen LogP contribution in [0.25, 0.3) is 0 Å². The van der Waals surface area contributed by atoms with Gasteiger partial charge < -0.3 is 21.7 Å². The number of halogens is 2. The summed E-state index contributed by atoms with van der Waals surface area (Å²) in [5.41, 5.74) is 6.05. The summed E-state index contributed by atoms with van der Waals surface area (Å²) in [7, 11) is 0. The van der Waals surface area contributed by atoms with E-state index in [1.54, 1.807) is 36.8 Å². The van der Waals surface area contributed by atoms with Crippen molar-refractivity contribution in [3.8, 4) is 0 Å². The van der Waals surface area contributed by atoms with Crippen LogP contribution in [-0.4, -0.2) is 32.4 Å². The van der Waals surface area contributed by atoms with Crippen molar-refractivity contribution in [3.05, 3.63) is 60.3 Å². The van der Waals surface area contributed by atoms with Crippen molar-refractivity contribution in [2.45, 2.75) is 13.0 Å². The van der Waals surface area contributed by atoms with Crippen LogP contribution in [0, 0.1) is 5.82 Å². The van der Waals surface area contributed by atoms with Gasteiger partial charge in [-0.2, -0.15) is 9.97 Å². The lowest BCUT2D eigenvalue weighted by molar-refractivity contribution is -0.116. The average Bonchev–Trinajstić information content (AvgIpc) is 2.67. The molecule has 0 saturated heterocycles. The molecular weight excluding hydrogens is 399 g/mol. The Morgan fingerprint density at radius 2 is 1.86 bits per heavy atom. The molecule has 0 aliphatic heterocycles. The lowest BCUT2D eigenvalue weighted by Gasteiger charge is -2.16. The summed E-state index contributed by atoms with van der Waals surface area (Å²) in [5, 5.41) is 9.02. The van der Waals surface area contributed by atoms with Crippen molar-refractivity contribution in [1.82, 2.24) is 19.9 Å². The maximum absolute atomic E-state index is 13.1. The molecule has 1 aromatic carbocycles. The van der Waals surface area contributed by atoms with Gasteiger partial charge in [0.2, 0.25) is 11.9 Å². The van der Waals surface area contributed by atoms with Crippen LogP contribution in [0.2, 0.25) is 0 Å². The van der Waals surface area contributed by atoms with E-state index in [1.165, 1.54) is 12.1 Å². The van der Waals surface area contributed by atoms with Crippen LogP contribution in [0.4, 0.5) is 27.8 Å². The summed E-state index contributed by atoms with van der Waals surface area (Å²) in [6, 6.07) is 7.57. The Labute approximate surface area is 172 Å². The molecule has 0 aliphatic carbocycles. The van der Waals surface area contributed by atoms with Gasteiger partial charge in [0.25, 0.3) is 0 Å². The number of carbonyl (C=O) groups excluding carboxylic acids is 1. The van der Waals surface area contributed by atoms with E-state index in [2.05, 4.69) is 35.9 Å². The number of nitrogens with zero attached hydrogens (tertiary/aromatic N) is 4. The maximum Gasteiger partial charge on any atom is 0.236 e. The van der Waals surface area contributed by atoms with E-state index >= 15 is 0 Å². The number of nitrogens with one attached hydrogen (secondary N) is 3. The second-order valence-electron chi connectivity index (χ2n) is 5.92. The SMILES string of the molecule is CC(Nc1nc(NCC(N)=O)cc(Nc2cnccn2)n1)c1ccc(F)cc1.Cl. The lowest BCUT2D eigenvalue weighted by atomic mass is 10.1. The molecule has 0 radical (unpaired) electrons. The molecule has 0 fully saturated rings. The molecule has 9 nitrogen and oxygen atoms in total. The monoisotopic (exact) mass is 418 g/mol. The van der Waals surface area contributed by atoms with E-state index in [9.17, 15) is 9.18 Å². The number of anilines is 4. The van der Waals surface area contributed by atoms with Crippen molar-refractivity contribution < 1.29 is 9.18 Å². The van der Waals surface area contributed by atoms with Gasteiger partial charge >= 0.3 is 0 Å². The zero-order valence-corrected chi connectivity index (χ0v) is 16.3. The summed E-state index contributed by atoms with van der Waals surface area (Å²) in [4.78, 5) is 27.9. The fraction of sp³-hybridized carbons (Fsp3) is 0.167. The number of nitrogens with two attached hydrogens (primary N) is 1. The molecule has 0 aliphatic rings. The maximum atomic E-state index is 13.1. The van der Waals surface area contributed by atoms with Crippen LogP contribution in [0.15, 0.2) is 48.9 Å². The highest BCUT2D eigenvalue weighted by Crippen LogP contribution is 2.21. The van der Waals surface area contributed by atoms with Crippen molar-refractivity contribution >= 4 is 41.7 Å². The zero-order valence-electron chi connectivity index (χ0n) is 15.5. The first-order chi connectivity index (χ1) is 13.5. The van der Waals surface area contributed by atoms with Crippen LogP contribution in [0.1, 0.15) is 18.5 Å². The summed E-state index contributed by atoms with van der Waals surface area (Å²) < 4.78 is 13.1. The Morgan fingerprint density at radius 3 is 2.52 bits per heavy atom. The smallest absolute Gasteiger partial charge is 0.236 e. The van der Waals surface area contributed by atoms with Crippen LogP contribution in [-0.2, 0) is 4.79 Å². The lowest BCUT2D eigenvalue weighted by Crippen LogP contribution is -2.22. The van der Waals surface area contributed by atoms with Crippen LogP contribution in [0.5, 0.6) is 0 Å². The number of hydrogen-bond acceptors (Lipinski definition) is 8. The molecule has 2 heterocycles. The average molecular weight is 419 g/mol. The molecule has 2 aromatic heterocycles. The second-order valence-corrected chi connectivity index (χ2v) is 5.92. The Bertz CT molecular complexity index is 942. The summed E-state index contributed by atoms with van der Waals surface area (Å²) in [5.74, 6) is 0.819. The fourth-order valence-corrected chi connectivity index (χ4v) is 2.37. The summed E-state index contributed by atoms with van der Waals surface area (Å²) in [6.07, 6.45) is 4.65. The first kappa shape index (κ1) is 21.8. The van der Waals surface area contributed by atoms with Crippen molar-refractivity contribution in [2.24, 2.45) is 5.73 Å². The zero-order chi connectivity index (χ0) is 19.9. The molecular formula is C18H20ClFN8O. The van der Waals surface area contributed by atoms with E-state index in [-0.39, 0.29) is 30.8 Å². The molecule has 0 bridgehead atoms. The molecule has 0 spiro atoms. The first-order valence-electron chi connectivity index (χ1n) is 8.46. The standard InChI is InChI=1S/C18H19FN8O.ClH/c1-11(12-2-4-13(19)5-3-12)24-18-26-15(23-9-14(20)28)8-16(27-18)25-17-10-21-6-7-22-17;/h2-8,10-11H,9H2,1H3,(H2,20,28)(H3,22,23,24,25,26,27);1H. The quantitative estimate of drug-likeness (QED) is 0.439. The number of amides is 1. The van der Waals surface area contributed by atoms with Gasteiger partial charge in [-0.15, -0.1) is 12.4 Å². The summed E-state index contributed by atoms with van der Waals surface area (Å²) >= 11 is 0. The van der Waals surface area contributed by atoms with Crippen molar-refractivity contribution in [3.63, 3.8) is 0 Å². The fourth-order valence-electron chi connectivity index (χ4n) is 2.37. The number of aromatic nitrogens is 4. The van der Waals surface area contributed by atoms with Gasteiger partial charge in [0, 0.05) is 18.5 Å². The molecule has 1 amide bonds. The minimum Gasteiger partial charge on any atom is -0.368 e. The van der Waals surface area contributed by atoms with E-state index in [4.69, 9.17) is 5.73 Å². The third kappa shape index (κ3) is 6.54. The van der Waals surface area contributed by atoms with Gasteiger partial charge in [0.1, 0.15) is 23.3 Å². The molecule has 11 heteroatoms. The third-order valence-electron chi connectivity index (χ3n) is 3.70. The first-order valence-corrected chi connectivity index (χ1v) is 8.46. The number of rotatable bonds is 8. The largest absolute Gasteiger partial charge is 0.368 e. The Balaban J connectivity index is 0.00000300. The normalized spacial score (nSPS) is 11.1. The van der Waals surface area contributed by atoms with E-state index in [1.807, 2.05) is 6.92 Å². The molecule has 1 atom stereocenters. The van der Waals surface area contributed by atoms with E-state index < -0.39 is 5.91 Å². The molecule has 152 valence electrons. The van der Waals surface area contributed by atoms with Gasteiger partial charge in [0.15, 0.2) is 0 Å². The number of carbonyl (C=O) groups is 1. The summed E-state index contributed by atoms with van der Waals surface area (Å²) in [6.45, 7) is 1.82. The highest BCUT2D eigenvalue weighted by atomic mass is 35.5. The van der Waals surface area contributed by atoms with E-state index in [0.29, 0.717) is 23.4 Å². The second kappa shape index (κ2) is 10.1. The topological polar surface area (TPSA) is 131 Å². The number of hydrogen-bond donors (Lipinski definition) is 4. The van der Waals surface area contributed by atoms with Gasteiger partial charge in [-0.05, 0) is 24.6 Å². The highest BCUT2D eigenvalue weighted by molar-refractivity contribution is 5.85. The van der Waals surface area contributed by atoms with Crippen LogP contribution < -0.4 is 21.7 Å². The van der Waals surface area contributed by atoms with Gasteiger partial charge in [-0.1, -0.05) is 12.1 Å². The van der Waals surface area contributed by atoms with E-state index in [0.717, 1.165) is 5.56 Å². The Hall–Kier alpha value is -3.53. The molecule has 3 aromatic rings. The van der Waals surface area contributed by atoms with Crippen LogP contribution >= 0.6 is 12.4 Å². The Kier molecular flexibility index (Phi) is 7.61. The number of primary amides is 1. The van der Waals surface area contributed by atoms with Crippen LogP contribution in [0.3, 0.4) is 0 Å². The predicted octanol–water partition coefficient (Wildman–Crippen LogP) is 2.64. The van der Waals surface area contributed by atoms with Crippen molar-refractivity contribution in [1.29, 1.82) is 0 Å². The molecule has 5 N–H and O–H groups in total. The minimum atomic E-state index is -0.517. The molecule has 3 rings (SSSR count). The highest BCUT2D eigenvalue weighted by Gasteiger charge is 2.11.